The van der Waals surface area contributed by atoms with Gasteiger partial charge in [-0.05, 0) is 36.8 Å². The Bertz CT molecular complexity index is 613. The number of nitrogens with one attached hydrogen (secondary N) is 2. The Morgan fingerprint density at radius 1 is 1.32 bits per heavy atom. The van der Waals surface area contributed by atoms with Crippen LogP contribution >= 0.6 is 11.6 Å². The SMILES string of the molecule is CNc1ccc(Cl)cc1C(=O)Nc1ncccc1C. The molecular weight excluding hydrogens is 262 g/mol. The highest BCUT2D eigenvalue weighted by molar-refractivity contribution is 6.31. The second-order valence-electron chi connectivity index (χ2n) is 4.06. The quantitative estimate of drug-likeness (QED) is 0.903. The third kappa shape index (κ3) is 3.03. The molecule has 0 bridgehead atoms. The first-order valence-electron chi connectivity index (χ1n) is 5.82. The minimum absolute atomic E-state index is 0.242. The third-order valence-electron chi connectivity index (χ3n) is 2.74. The Morgan fingerprint density at radius 3 is 2.79 bits per heavy atom. The average molecular weight is 276 g/mol. The number of carbonyl (C=O) groups is 1. The first-order valence-corrected chi connectivity index (χ1v) is 6.20. The zero-order chi connectivity index (χ0) is 13.8. The summed E-state index contributed by atoms with van der Waals surface area (Å²) in [5, 5.41) is 6.26. The molecule has 1 aromatic heterocycles. The van der Waals surface area contributed by atoms with Gasteiger partial charge in [-0.15, -0.1) is 0 Å². The molecule has 0 aliphatic heterocycles. The van der Waals surface area contributed by atoms with Crippen LogP contribution in [0.25, 0.3) is 0 Å². The summed E-state index contributed by atoms with van der Waals surface area (Å²) in [6.45, 7) is 1.89. The van der Waals surface area contributed by atoms with Crippen molar-refractivity contribution >= 4 is 29.0 Å². The van der Waals surface area contributed by atoms with Crippen LogP contribution in [0.5, 0.6) is 0 Å². The summed E-state index contributed by atoms with van der Waals surface area (Å²) < 4.78 is 0. The smallest absolute Gasteiger partial charge is 0.258 e. The van der Waals surface area contributed by atoms with E-state index in [-0.39, 0.29) is 5.91 Å². The van der Waals surface area contributed by atoms with Gasteiger partial charge in [0.1, 0.15) is 5.82 Å². The predicted octanol–water partition coefficient (Wildman–Crippen LogP) is 3.34. The molecule has 0 aliphatic carbocycles. The maximum Gasteiger partial charge on any atom is 0.258 e. The lowest BCUT2D eigenvalue weighted by molar-refractivity contribution is 0.102. The van der Waals surface area contributed by atoms with Crippen molar-refractivity contribution in [2.24, 2.45) is 0 Å². The number of amides is 1. The van der Waals surface area contributed by atoms with Gasteiger partial charge in [0.25, 0.3) is 5.91 Å². The van der Waals surface area contributed by atoms with Crippen molar-refractivity contribution in [3.8, 4) is 0 Å². The fraction of sp³-hybridized carbons (Fsp3) is 0.143. The van der Waals surface area contributed by atoms with E-state index in [0.29, 0.717) is 16.4 Å². The van der Waals surface area contributed by atoms with E-state index in [9.17, 15) is 4.79 Å². The number of pyridine rings is 1. The molecule has 2 rings (SSSR count). The van der Waals surface area contributed by atoms with Crippen molar-refractivity contribution in [1.29, 1.82) is 0 Å². The lowest BCUT2D eigenvalue weighted by atomic mass is 10.1. The van der Waals surface area contributed by atoms with E-state index < -0.39 is 0 Å². The van der Waals surface area contributed by atoms with E-state index in [4.69, 9.17) is 11.6 Å². The number of benzene rings is 1. The molecule has 0 aliphatic rings. The molecule has 1 amide bonds. The summed E-state index contributed by atoms with van der Waals surface area (Å²) in [7, 11) is 1.76. The average Bonchev–Trinajstić information content (AvgIpc) is 2.41. The summed E-state index contributed by atoms with van der Waals surface area (Å²) in [5.41, 5.74) is 2.11. The molecule has 19 heavy (non-hydrogen) atoms. The molecule has 0 unspecified atom stereocenters. The van der Waals surface area contributed by atoms with E-state index in [2.05, 4.69) is 15.6 Å². The minimum atomic E-state index is -0.242. The molecule has 0 fully saturated rings. The minimum Gasteiger partial charge on any atom is -0.387 e. The molecule has 0 saturated heterocycles. The van der Waals surface area contributed by atoms with Gasteiger partial charge < -0.3 is 10.6 Å². The van der Waals surface area contributed by atoms with E-state index in [1.54, 1.807) is 31.4 Å². The van der Waals surface area contributed by atoms with Crippen LogP contribution in [0.2, 0.25) is 5.02 Å². The molecule has 0 spiro atoms. The van der Waals surface area contributed by atoms with Gasteiger partial charge in [-0.25, -0.2) is 4.98 Å². The van der Waals surface area contributed by atoms with Crippen LogP contribution < -0.4 is 10.6 Å². The van der Waals surface area contributed by atoms with Gasteiger partial charge in [-0.1, -0.05) is 17.7 Å². The molecule has 0 radical (unpaired) electrons. The Balaban J connectivity index is 2.30. The van der Waals surface area contributed by atoms with Gasteiger partial charge in [-0.3, -0.25) is 4.79 Å². The molecule has 4 nitrogen and oxygen atoms in total. The van der Waals surface area contributed by atoms with Gasteiger partial charge in [0.15, 0.2) is 0 Å². The molecule has 2 N–H and O–H groups in total. The van der Waals surface area contributed by atoms with Crippen molar-refractivity contribution in [3.63, 3.8) is 0 Å². The van der Waals surface area contributed by atoms with E-state index in [1.807, 2.05) is 19.1 Å². The highest BCUT2D eigenvalue weighted by Gasteiger charge is 2.13. The maximum absolute atomic E-state index is 12.2. The third-order valence-corrected chi connectivity index (χ3v) is 2.97. The number of nitrogens with zero attached hydrogens (tertiary/aromatic N) is 1. The maximum atomic E-state index is 12.2. The first-order chi connectivity index (χ1) is 9.11. The lowest BCUT2D eigenvalue weighted by Crippen LogP contribution is -2.15. The number of hydrogen-bond acceptors (Lipinski definition) is 3. The molecule has 5 heteroatoms. The zero-order valence-corrected chi connectivity index (χ0v) is 11.5. The highest BCUT2D eigenvalue weighted by atomic mass is 35.5. The van der Waals surface area contributed by atoms with Crippen LogP contribution in [-0.2, 0) is 0 Å². The van der Waals surface area contributed by atoms with Crippen LogP contribution in [0, 0.1) is 6.92 Å². The van der Waals surface area contributed by atoms with Crippen molar-refractivity contribution < 1.29 is 4.79 Å². The predicted molar refractivity (Wildman–Crippen MR) is 77.9 cm³/mol. The molecule has 0 atom stereocenters. The monoisotopic (exact) mass is 275 g/mol. The van der Waals surface area contributed by atoms with Gasteiger partial charge >= 0.3 is 0 Å². The van der Waals surface area contributed by atoms with Crippen LogP contribution in [0.15, 0.2) is 36.5 Å². The Kier molecular flexibility index (Phi) is 4.02. The van der Waals surface area contributed by atoms with Crippen LogP contribution in [0.4, 0.5) is 11.5 Å². The molecular formula is C14H14ClN3O. The summed E-state index contributed by atoms with van der Waals surface area (Å²) in [5.74, 6) is 0.308. The number of hydrogen-bond donors (Lipinski definition) is 2. The van der Waals surface area contributed by atoms with Crippen LogP contribution in [0.1, 0.15) is 15.9 Å². The number of halogens is 1. The fourth-order valence-corrected chi connectivity index (χ4v) is 1.89. The van der Waals surface area contributed by atoms with Crippen LogP contribution in [-0.4, -0.2) is 17.9 Å². The molecule has 1 heterocycles. The lowest BCUT2D eigenvalue weighted by Gasteiger charge is -2.11. The second kappa shape index (κ2) is 5.71. The summed E-state index contributed by atoms with van der Waals surface area (Å²) in [6, 6.07) is 8.84. The Hall–Kier alpha value is -2.07. The van der Waals surface area contributed by atoms with Gasteiger partial charge in [0, 0.05) is 24.0 Å². The molecule has 2 aromatic rings. The van der Waals surface area contributed by atoms with Gasteiger partial charge in [0.2, 0.25) is 0 Å². The number of aryl methyl sites for hydroxylation is 1. The molecule has 0 saturated carbocycles. The number of aromatic nitrogens is 1. The van der Waals surface area contributed by atoms with Crippen molar-refractivity contribution in [1.82, 2.24) is 4.98 Å². The number of carbonyl (C=O) groups excluding carboxylic acids is 1. The van der Waals surface area contributed by atoms with E-state index in [0.717, 1.165) is 11.3 Å². The van der Waals surface area contributed by atoms with Crippen LogP contribution in [0.3, 0.4) is 0 Å². The summed E-state index contributed by atoms with van der Waals surface area (Å²) in [4.78, 5) is 16.4. The number of rotatable bonds is 3. The van der Waals surface area contributed by atoms with Gasteiger partial charge in [0.05, 0.1) is 5.56 Å². The first kappa shape index (κ1) is 13.4. The zero-order valence-electron chi connectivity index (χ0n) is 10.7. The van der Waals surface area contributed by atoms with Crippen molar-refractivity contribution in [3.05, 3.63) is 52.7 Å². The van der Waals surface area contributed by atoms with E-state index in [1.165, 1.54) is 0 Å². The second-order valence-corrected chi connectivity index (χ2v) is 4.50. The largest absolute Gasteiger partial charge is 0.387 e. The van der Waals surface area contributed by atoms with Crippen molar-refractivity contribution in [2.75, 3.05) is 17.7 Å². The van der Waals surface area contributed by atoms with E-state index >= 15 is 0 Å². The topological polar surface area (TPSA) is 54.0 Å². The molecule has 98 valence electrons. The van der Waals surface area contributed by atoms with Gasteiger partial charge in [-0.2, -0.15) is 0 Å². The standard InChI is InChI=1S/C14H14ClN3O/c1-9-4-3-7-17-13(9)18-14(19)11-8-10(15)5-6-12(11)16-2/h3-8,16H,1-2H3,(H,17,18,19). The molecule has 1 aromatic carbocycles. The van der Waals surface area contributed by atoms with Crippen molar-refractivity contribution in [2.45, 2.75) is 6.92 Å². The Morgan fingerprint density at radius 2 is 2.11 bits per heavy atom. The highest BCUT2D eigenvalue weighted by Crippen LogP contribution is 2.21. The summed E-state index contributed by atoms with van der Waals surface area (Å²) >= 11 is 5.93. The Labute approximate surface area is 116 Å². The summed E-state index contributed by atoms with van der Waals surface area (Å²) in [6.07, 6.45) is 1.64. The number of anilines is 2. The normalized spacial score (nSPS) is 10.1. The fourth-order valence-electron chi connectivity index (χ4n) is 1.71.